The van der Waals surface area contributed by atoms with Gasteiger partial charge in [0.25, 0.3) is 0 Å². The van der Waals surface area contributed by atoms with E-state index in [4.69, 9.17) is 10.6 Å². The number of nitrogens with one attached hydrogen (secondary N) is 1. The first-order valence-electron chi connectivity index (χ1n) is 5.52. The zero-order valence-electron chi connectivity index (χ0n) is 10.1. The summed E-state index contributed by atoms with van der Waals surface area (Å²) in [5, 5.41) is 0. The molecule has 0 aliphatic carbocycles. The predicted molar refractivity (Wildman–Crippen MR) is 64.1 cm³/mol. The van der Waals surface area contributed by atoms with Gasteiger partial charge in [-0.3, -0.25) is 4.79 Å². The molecule has 0 amide bonds. The Kier molecular flexibility index (Phi) is 5.45. The number of ether oxygens (including phenoxy) is 1. The van der Waals surface area contributed by atoms with Gasteiger partial charge in [-0.15, -0.1) is 0 Å². The van der Waals surface area contributed by atoms with E-state index in [2.05, 4.69) is 18.7 Å². The monoisotopic (exact) mass is 238 g/mol. The van der Waals surface area contributed by atoms with E-state index in [0.717, 1.165) is 11.3 Å². The molecule has 0 spiro atoms. The highest BCUT2D eigenvalue weighted by Crippen LogP contribution is 2.25. The molecule has 0 radical (unpaired) electrons. The lowest BCUT2D eigenvalue weighted by Gasteiger charge is -2.13. The summed E-state index contributed by atoms with van der Waals surface area (Å²) in [7, 11) is 0. The highest BCUT2D eigenvalue weighted by Gasteiger charge is 2.08. The number of carbonyl (C=O) groups excluding carboxylic acids is 1. The van der Waals surface area contributed by atoms with Crippen LogP contribution in [0.1, 0.15) is 31.7 Å². The molecule has 94 valence electrons. The van der Waals surface area contributed by atoms with E-state index in [1.54, 1.807) is 0 Å². The molecule has 1 rings (SSSR count). The second kappa shape index (κ2) is 6.88. The van der Waals surface area contributed by atoms with Crippen LogP contribution in [0.15, 0.2) is 24.3 Å². The molecule has 0 aliphatic rings. The Hall–Kier alpha value is -1.59. The number of hydrazine groups is 1. The quantitative estimate of drug-likeness (QED) is 0.580. The number of benzene rings is 1. The molecule has 0 unspecified atom stereocenters. The molecular weight excluding hydrogens is 220 g/mol. The lowest BCUT2D eigenvalue weighted by atomic mass is 10.0. The zero-order chi connectivity index (χ0) is 12.7. The largest absolute Gasteiger partial charge is 0.493 e. The number of rotatable bonds is 6. The number of para-hydroxylation sites is 1. The third-order valence-electron chi connectivity index (χ3n) is 2.28. The lowest BCUT2D eigenvalue weighted by molar-refractivity contribution is -0.151. The van der Waals surface area contributed by atoms with Crippen molar-refractivity contribution in [2.24, 2.45) is 5.84 Å². The van der Waals surface area contributed by atoms with Crippen molar-refractivity contribution in [2.45, 2.75) is 26.2 Å². The van der Waals surface area contributed by atoms with Crippen molar-refractivity contribution in [1.82, 2.24) is 5.59 Å². The highest BCUT2D eigenvalue weighted by atomic mass is 16.7. The van der Waals surface area contributed by atoms with Crippen LogP contribution < -0.4 is 16.2 Å². The van der Waals surface area contributed by atoms with Crippen molar-refractivity contribution in [2.75, 3.05) is 6.61 Å². The molecule has 0 aromatic heterocycles. The van der Waals surface area contributed by atoms with Crippen LogP contribution in [0.4, 0.5) is 0 Å². The Bertz CT molecular complexity index is 367. The number of hydrogen-bond acceptors (Lipinski definition) is 5. The molecule has 1 aromatic rings. The summed E-state index contributed by atoms with van der Waals surface area (Å²) >= 11 is 0. The third kappa shape index (κ3) is 4.42. The first kappa shape index (κ1) is 13.5. The van der Waals surface area contributed by atoms with E-state index in [-0.39, 0.29) is 13.0 Å². The van der Waals surface area contributed by atoms with Crippen LogP contribution in [0, 0.1) is 0 Å². The first-order chi connectivity index (χ1) is 8.15. The van der Waals surface area contributed by atoms with E-state index >= 15 is 0 Å². The molecule has 3 N–H and O–H groups in total. The van der Waals surface area contributed by atoms with Crippen LogP contribution in [0.3, 0.4) is 0 Å². The third-order valence-corrected chi connectivity index (χ3v) is 2.28. The molecule has 0 fully saturated rings. The minimum absolute atomic E-state index is 0.149. The van der Waals surface area contributed by atoms with Crippen molar-refractivity contribution < 1.29 is 14.4 Å². The van der Waals surface area contributed by atoms with Crippen LogP contribution >= 0.6 is 0 Å². The standard InChI is InChI=1S/C12H18N2O3/c1-9(2)10-5-3-4-6-11(10)16-8-7-12(15)17-14-13/h3-6,9,14H,7-8,13H2,1-2H3. The molecule has 5 nitrogen and oxygen atoms in total. The number of carbonyl (C=O) groups is 1. The molecule has 0 aliphatic heterocycles. The van der Waals surface area contributed by atoms with Crippen LogP contribution in [0.25, 0.3) is 0 Å². The van der Waals surface area contributed by atoms with Gasteiger partial charge in [-0.2, -0.15) is 0 Å². The fourth-order valence-electron chi connectivity index (χ4n) is 1.45. The summed E-state index contributed by atoms with van der Waals surface area (Å²) in [4.78, 5) is 15.4. The topological polar surface area (TPSA) is 73.6 Å². The zero-order valence-corrected chi connectivity index (χ0v) is 10.1. The molecule has 17 heavy (non-hydrogen) atoms. The van der Waals surface area contributed by atoms with Crippen molar-refractivity contribution in [3.63, 3.8) is 0 Å². The second-order valence-corrected chi connectivity index (χ2v) is 3.88. The summed E-state index contributed by atoms with van der Waals surface area (Å²) in [5.41, 5.74) is 2.96. The second-order valence-electron chi connectivity index (χ2n) is 3.88. The Morgan fingerprint density at radius 2 is 2.12 bits per heavy atom. The molecule has 0 saturated heterocycles. The van der Waals surface area contributed by atoms with Gasteiger partial charge in [-0.05, 0) is 17.5 Å². The molecule has 1 aromatic carbocycles. The van der Waals surface area contributed by atoms with E-state index in [0.29, 0.717) is 5.92 Å². The predicted octanol–water partition coefficient (Wildman–Crippen LogP) is 1.50. The number of nitrogens with two attached hydrogens (primary N) is 1. The maximum absolute atomic E-state index is 11.0. The van der Waals surface area contributed by atoms with Crippen LogP contribution in [-0.4, -0.2) is 12.6 Å². The van der Waals surface area contributed by atoms with E-state index in [1.807, 2.05) is 29.9 Å². The van der Waals surface area contributed by atoms with Gasteiger partial charge in [0, 0.05) is 0 Å². The highest BCUT2D eigenvalue weighted by molar-refractivity contribution is 5.69. The summed E-state index contributed by atoms with van der Waals surface area (Å²) in [6, 6.07) is 7.78. The van der Waals surface area contributed by atoms with E-state index in [9.17, 15) is 4.79 Å². The van der Waals surface area contributed by atoms with Crippen molar-refractivity contribution >= 4 is 5.97 Å². The fraction of sp³-hybridized carbons (Fsp3) is 0.417. The van der Waals surface area contributed by atoms with Crippen LogP contribution in [0.5, 0.6) is 5.75 Å². The smallest absolute Gasteiger partial charge is 0.329 e. The van der Waals surface area contributed by atoms with Crippen LogP contribution in [-0.2, 0) is 9.63 Å². The van der Waals surface area contributed by atoms with Gasteiger partial charge in [0.05, 0.1) is 13.0 Å². The fourth-order valence-corrected chi connectivity index (χ4v) is 1.45. The summed E-state index contributed by atoms with van der Waals surface area (Å²) in [6.07, 6.45) is 0.149. The van der Waals surface area contributed by atoms with Crippen LogP contribution in [0.2, 0.25) is 0 Å². The Balaban J connectivity index is 2.49. The van der Waals surface area contributed by atoms with E-state index in [1.165, 1.54) is 0 Å². The molecule has 0 saturated carbocycles. The van der Waals surface area contributed by atoms with Crippen molar-refractivity contribution in [1.29, 1.82) is 0 Å². The SMILES string of the molecule is CC(C)c1ccccc1OCCC(=O)ONN. The van der Waals surface area contributed by atoms with Gasteiger partial charge in [-0.25, -0.2) is 5.84 Å². The Labute approximate surface area is 101 Å². The van der Waals surface area contributed by atoms with Gasteiger partial charge in [-0.1, -0.05) is 37.6 Å². The molecule has 0 atom stereocenters. The maximum Gasteiger partial charge on any atom is 0.329 e. The Morgan fingerprint density at radius 1 is 1.41 bits per heavy atom. The maximum atomic E-state index is 11.0. The van der Waals surface area contributed by atoms with Gasteiger partial charge < -0.3 is 9.57 Å². The minimum Gasteiger partial charge on any atom is -0.493 e. The van der Waals surface area contributed by atoms with Crippen molar-refractivity contribution in [3.8, 4) is 5.75 Å². The van der Waals surface area contributed by atoms with E-state index < -0.39 is 5.97 Å². The van der Waals surface area contributed by atoms with Gasteiger partial charge >= 0.3 is 5.97 Å². The molecule has 0 bridgehead atoms. The average Bonchev–Trinajstić information content (AvgIpc) is 2.30. The summed E-state index contributed by atoms with van der Waals surface area (Å²) in [6.45, 7) is 4.45. The normalized spacial score (nSPS) is 10.4. The van der Waals surface area contributed by atoms with Crippen molar-refractivity contribution in [3.05, 3.63) is 29.8 Å². The minimum atomic E-state index is -0.450. The lowest BCUT2D eigenvalue weighted by Crippen LogP contribution is -2.27. The molecule has 5 heteroatoms. The van der Waals surface area contributed by atoms with Gasteiger partial charge in [0.15, 0.2) is 0 Å². The van der Waals surface area contributed by atoms with Gasteiger partial charge in [0.1, 0.15) is 5.75 Å². The number of hydrogen-bond donors (Lipinski definition) is 2. The average molecular weight is 238 g/mol. The Morgan fingerprint density at radius 3 is 2.76 bits per heavy atom. The summed E-state index contributed by atoms with van der Waals surface area (Å²) < 4.78 is 5.55. The molecule has 0 heterocycles. The summed E-state index contributed by atoms with van der Waals surface area (Å²) in [5.74, 6) is 5.57. The van der Waals surface area contributed by atoms with Gasteiger partial charge in [0.2, 0.25) is 0 Å². The first-order valence-corrected chi connectivity index (χ1v) is 5.52. The molecular formula is C12H18N2O3.